The van der Waals surface area contributed by atoms with Crippen LogP contribution in [0, 0.1) is 5.92 Å². The highest BCUT2D eigenvalue weighted by molar-refractivity contribution is 6.30. The van der Waals surface area contributed by atoms with E-state index in [9.17, 15) is 4.79 Å². The standard InChI is InChI=1S/C15H19ClN2O/c16-13-7-4-11(5-8-13)6-9-15(19)18-14-3-1-2-12(14)10-17/h4-9,12,14H,1-3,10,17H2,(H,18,19). The summed E-state index contributed by atoms with van der Waals surface area (Å²) in [7, 11) is 0. The minimum absolute atomic E-state index is 0.0553. The van der Waals surface area contributed by atoms with E-state index in [2.05, 4.69) is 5.32 Å². The monoisotopic (exact) mass is 278 g/mol. The van der Waals surface area contributed by atoms with Crippen LogP contribution in [0.1, 0.15) is 24.8 Å². The number of carbonyl (C=O) groups is 1. The van der Waals surface area contributed by atoms with Crippen LogP contribution in [0.25, 0.3) is 6.08 Å². The molecule has 0 bridgehead atoms. The number of hydrogen-bond donors (Lipinski definition) is 2. The van der Waals surface area contributed by atoms with Crippen LogP contribution in [-0.4, -0.2) is 18.5 Å². The van der Waals surface area contributed by atoms with Gasteiger partial charge < -0.3 is 11.1 Å². The number of rotatable bonds is 4. The van der Waals surface area contributed by atoms with E-state index in [0.29, 0.717) is 17.5 Å². The van der Waals surface area contributed by atoms with E-state index in [1.807, 2.05) is 12.1 Å². The fourth-order valence-corrected chi connectivity index (χ4v) is 2.61. The zero-order valence-electron chi connectivity index (χ0n) is 10.8. The van der Waals surface area contributed by atoms with Crippen molar-refractivity contribution in [3.8, 4) is 0 Å². The zero-order valence-corrected chi connectivity index (χ0v) is 11.6. The summed E-state index contributed by atoms with van der Waals surface area (Å²) in [4.78, 5) is 11.8. The van der Waals surface area contributed by atoms with E-state index in [1.54, 1.807) is 24.3 Å². The molecule has 1 aliphatic rings. The van der Waals surface area contributed by atoms with Crippen LogP contribution < -0.4 is 11.1 Å². The second-order valence-electron chi connectivity index (χ2n) is 4.93. The first kappa shape index (κ1) is 14.1. The SMILES string of the molecule is NCC1CCCC1NC(=O)C=Cc1ccc(Cl)cc1. The molecule has 0 saturated heterocycles. The fourth-order valence-electron chi connectivity index (χ4n) is 2.49. The summed E-state index contributed by atoms with van der Waals surface area (Å²) in [5, 5.41) is 3.72. The van der Waals surface area contributed by atoms with Gasteiger partial charge in [0.05, 0.1) is 0 Å². The smallest absolute Gasteiger partial charge is 0.244 e. The molecule has 1 fully saturated rings. The van der Waals surface area contributed by atoms with Crippen LogP contribution >= 0.6 is 11.6 Å². The van der Waals surface area contributed by atoms with E-state index in [0.717, 1.165) is 24.8 Å². The van der Waals surface area contributed by atoms with Crippen molar-refractivity contribution in [2.24, 2.45) is 11.7 Å². The summed E-state index contributed by atoms with van der Waals surface area (Å²) >= 11 is 5.80. The van der Waals surface area contributed by atoms with E-state index in [4.69, 9.17) is 17.3 Å². The first-order chi connectivity index (χ1) is 9.19. The molecule has 3 nitrogen and oxygen atoms in total. The van der Waals surface area contributed by atoms with Crippen molar-refractivity contribution in [1.29, 1.82) is 0 Å². The maximum absolute atomic E-state index is 11.8. The molecule has 2 unspecified atom stereocenters. The molecular formula is C15H19ClN2O. The van der Waals surface area contributed by atoms with Gasteiger partial charge in [-0.25, -0.2) is 0 Å². The van der Waals surface area contributed by atoms with Gasteiger partial charge in [-0.3, -0.25) is 4.79 Å². The summed E-state index contributed by atoms with van der Waals surface area (Å²) in [6.45, 7) is 0.645. The Morgan fingerprint density at radius 2 is 2.11 bits per heavy atom. The lowest BCUT2D eigenvalue weighted by Gasteiger charge is -2.18. The van der Waals surface area contributed by atoms with Crippen molar-refractivity contribution in [1.82, 2.24) is 5.32 Å². The molecule has 2 atom stereocenters. The number of benzene rings is 1. The summed E-state index contributed by atoms with van der Waals surface area (Å²) in [6, 6.07) is 7.60. The van der Waals surface area contributed by atoms with Crippen molar-refractivity contribution in [3.63, 3.8) is 0 Å². The third-order valence-electron chi connectivity index (χ3n) is 3.59. The maximum Gasteiger partial charge on any atom is 0.244 e. The summed E-state index contributed by atoms with van der Waals surface area (Å²) in [5.74, 6) is 0.369. The predicted octanol–water partition coefficient (Wildman–Crippen LogP) is 2.60. The summed E-state index contributed by atoms with van der Waals surface area (Å²) in [6.07, 6.45) is 6.64. The largest absolute Gasteiger partial charge is 0.349 e. The number of nitrogens with two attached hydrogens (primary N) is 1. The Hall–Kier alpha value is -1.32. The molecule has 0 spiro atoms. The normalized spacial score (nSPS) is 22.8. The average molecular weight is 279 g/mol. The zero-order chi connectivity index (χ0) is 13.7. The van der Waals surface area contributed by atoms with Crippen molar-refractivity contribution in [3.05, 3.63) is 40.9 Å². The first-order valence-corrected chi connectivity index (χ1v) is 7.01. The number of amides is 1. The van der Waals surface area contributed by atoms with Gasteiger partial charge >= 0.3 is 0 Å². The Kier molecular flexibility index (Phi) is 5.00. The molecule has 0 aromatic heterocycles. The van der Waals surface area contributed by atoms with Crippen LogP contribution in [0.5, 0.6) is 0 Å². The molecule has 102 valence electrons. The van der Waals surface area contributed by atoms with Crippen LogP contribution in [0.2, 0.25) is 5.02 Å². The first-order valence-electron chi connectivity index (χ1n) is 6.63. The van der Waals surface area contributed by atoms with Gasteiger partial charge in [0.1, 0.15) is 0 Å². The van der Waals surface area contributed by atoms with Gasteiger partial charge in [0.2, 0.25) is 5.91 Å². The third-order valence-corrected chi connectivity index (χ3v) is 3.84. The highest BCUT2D eigenvalue weighted by atomic mass is 35.5. The van der Waals surface area contributed by atoms with E-state index >= 15 is 0 Å². The topological polar surface area (TPSA) is 55.1 Å². The highest BCUT2D eigenvalue weighted by Gasteiger charge is 2.26. The van der Waals surface area contributed by atoms with Gasteiger partial charge in [0.25, 0.3) is 0 Å². The van der Waals surface area contributed by atoms with Crippen LogP contribution in [0.4, 0.5) is 0 Å². The molecule has 3 N–H and O–H groups in total. The fraction of sp³-hybridized carbons (Fsp3) is 0.400. The molecule has 1 aromatic rings. The maximum atomic E-state index is 11.8. The molecule has 1 aliphatic carbocycles. The third kappa shape index (κ3) is 4.08. The molecule has 19 heavy (non-hydrogen) atoms. The quantitative estimate of drug-likeness (QED) is 0.832. The summed E-state index contributed by atoms with van der Waals surface area (Å²) < 4.78 is 0. The Bertz CT molecular complexity index is 456. The highest BCUT2D eigenvalue weighted by Crippen LogP contribution is 2.24. The lowest BCUT2D eigenvalue weighted by molar-refractivity contribution is -0.117. The Morgan fingerprint density at radius 3 is 2.79 bits per heavy atom. The molecule has 0 radical (unpaired) electrons. The van der Waals surface area contributed by atoms with Crippen molar-refractivity contribution in [2.45, 2.75) is 25.3 Å². The second-order valence-corrected chi connectivity index (χ2v) is 5.36. The van der Waals surface area contributed by atoms with Crippen LogP contribution in [-0.2, 0) is 4.79 Å². The molecule has 1 saturated carbocycles. The number of nitrogens with one attached hydrogen (secondary N) is 1. The van der Waals surface area contributed by atoms with Gasteiger partial charge in [-0.2, -0.15) is 0 Å². The van der Waals surface area contributed by atoms with Crippen molar-refractivity contribution >= 4 is 23.6 Å². The molecule has 4 heteroatoms. The number of hydrogen-bond acceptors (Lipinski definition) is 2. The summed E-state index contributed by atoms with van der Waals surface area (Å²) in [5.41, 5.74) is 6.66. The number of carbonyl (C=O) groups excluding carboxylic acids is 1. The minimum Gasteiger partial charge on any atom is -0.349 e. The second kappa shape index (κ2) is 6.73. The molecule has 0 heterocycles. The molecule has 1 amide bonds. The predicted molar refractivity (Wildman–Crippen MR) is 78.8 cm³/mol. The average Bonchev–Trinajstić information content (AvgIpc) is 2.85. The van der Waals surface area contributed by atoms with Gasteiger partial charge in [-0.05, 0) is 49.1 Å². The molecule has 1 aromatic carbocycles. The van der Waals surface area contributed by atoms with Gasteiger partial charge in [-0.15, -0.1) is 0 Å². The van der Waals surface area contributed by atoms with Crippen LogP contribution in [0.15, 0.2) is 30.3 Å². The van der Waals surface area contributed by atoms with Gasteiger partial charge in [0.15, 0.2) is 0 Å². The number of halogens is 1. The Morgan fingerprint density at radius 1 is 1.37 bits per heavy atom. The van der Waals surface area contributed by atoms with Crippen molar-refractivity contribution in [2.75, 3.05) is 6.54 Å². The van der Waals surface area contributed by atoms with Crippen molar-refractivity contribution < 1.29 is 4.79 Å². The van der Waals surface area contributed by atoms with E-state index in [-0.39, 0.29) is 11.9 Å². The Balaban J connectivity index is 1.88. The van der Waals surface area contributed by atoms with Crippen LogP contribution in [0.3, 0.4) is 0 Å². The van der Waals surface area contributed by atoms with Gasteiger partial charge in [0, 0.05) is 17.1 Å². The lowest BCUT2D eigenvalue weighted by Crippen LogP contribution is -2.39. The molecule has 0 aliphatic heterocycles. The lowest BCUT2D eigenvalue weighted by atomic mass is 10.0. The molecule has 2 rings (SSSR count). The Labute approximate surface area is 118 Å². The molecular weight excluding hydrogens is 260 g/mol. The van der Waals surface area contributed by atoms with E-state index < -0.39 is 0 Å². The van der Waals surface area contributed by atoms with E-state index in [1.165, 1.54) is 0 Å². The van der Waals surface area contributed by atoms with Gasteiger partial charge in [-0.1, -0.05) is 30.2 Å². The minimum atomic E-state index is -0.0553.